The van der Waals surface area contributed by atoms with Crippen LogP contribution in [0.25, 0.3) is 16.5 Å². The molecule has 0 saturated heterocycles. The van der Waals surface area contributed by atoms with Crippen molar-refractivity contribution in [3.8, 4) is 5.88 Å². The number of hydrogen-bond donors (Lipinski definition) is 0. The first kappa shape index (κ1) is 25.1. The van der Waals surface area contributed by atoms with E-state index < -0.39 is 13.0 Å². The number of nitrogens with zero attached hydrogens (tertiary/aromatic N) is 5. The molecular formula is C25H22ClF2N5O3. The molecule has 0 saturated carbocycles. The summed E-state index contributed by atoms with van der Waals surface area (Å²) in [5, 5.41) is 12.0. The van der Waals surface area contributed by atoms with Crippen molar-refractivity contribution in [3.05, 3.63) is 70.9 Å². The summed E-state index contributed by atoms with van der Waals surface area (Å²) in [6, 6.07) is 12.2. The van der Waals surface area contributed by atoms with Crippen molar-refractivity contribution in [2.75, 3.05) is 25.8 Å². The smallest absolute Gasteiger partial charge is 0.272 e. The predicted molar refractivity (Wildman–Crippen MR) is 136 cm³/mol. The van der Waals surface area contributed by atoms with Crippen LogP contribution < -0.4 is 9.75 Å². The highest BCUT2D eigenvalue weighted by atomic mass is 35.5. The van der Waals surface area contributed by atoms with E-state index in [9.17, 15) is 13.6 Å². The fraction of sp³-hybridized carbons (Fsp3) is 0.200. The fourth-order valence-corrected chi connectivity index (χ4v) is 3.78. The van der Waals surface area contributed by atoms with Crippen LogP contribution in [0, 0.1) is 0 Å². The number of rotatable bonds is 7. The average molecular weight is 514 g/mol. The van der Waals surface area contributed by atoms with E-state index in [-0.39, 0.29) is 17.2 Å². The highest BCUT2D eigenvalue weighted by Gasteiger charge is 2.20. The van der Waals surface area contributed by atoms with Crippen LogP contribution in [0.2, 0.25) is 5.02 Å². The molecule has 2 aromatic carbocycles. The number of aldehydes is 1. The molecule has 2 heterocycles. The number of benzene rings is 2. The van der Waals surface area contributed by atoms with Crippen LogP contribution >= 0.6 is 11.6 Å². The van der Waals surface area contributed by atoms with Crippen molar-refractivity contribution in [2.45, 2.75) is 6.43 Å². The lowest BCUT2D eigenvalue weighted by Crippen LogP contribution is -2.19. The highest BCUT2D eigenvalue weighted by molar-refractivity contribution is 6.31. The van der Waals surface area contributed by atoms with Gasteiger partial charge in [-0.05, 0) is 42.0 Å². The van der Waals surface area contributed by atoms with E-state index in [1.165, 1.54) is 6.08 Å². The number of fused-ring (bicyclic) bond motifs is 1. The van der Waals surface area contributed by atoms with Crippen molar-refractivity contribution in [2.24, 2.45) is 17.1 Å². The Labute approximate surface area is 210 Å². The topological polar surface area (TPSA) is 81.3 Å². The Bertz CT molecular complexity index is 1410. The number of ether oxygens (including phenoxy) is 2. The molecule has 0 N–H and O–H groups in total. The van der Waals surface area contributed by atoms with Crippen molar-refractivity contribution in [3.63, 3.8) is 0 Å². The molecule has 1 aromatic heterocycles. The fourth-order valence-electron chi connectivity index (χ4n) is 3.66. The third-order valence-electron chi connectivity index (χ3n) is 5.32. The van der Waals surface area contributed by atoms with Gasteiger partial charge in [-0.1, -0.05) is 23.7 Å². The summed E-state index contributed by atoms with van der Waals surface area (Å²) < 4.78 is 37.6. The SMILES string of the molecule is COc1c2cc(N(C)/N=C3/C=CC(OCC(F)F)=N/C3=C(/C=O)c3ccc(Cl)cc3)ccc2nn1C. The zero-order valence-electron chi connectivity index (χ0n) is 19.7. The predicted octanol–water partition coefficient (Wildman–Crippen LogP) is 4.89. The van der Waals surface area contributed by atoms with Crippen molar-refractivity contribution in [1.82, 2.24) is 9.78 Å². The van der Waals surface area contributed by atoms with Crippen molar-refractivity contribution in [1.29, 1.82) is 0 Å². The Morgan fingerprint density at radius 2 is 1.97 bits per heavy atom. The summed E-state index contributed by atoms with van der Waals surface area (Å²) >= 11 is 5.99. The molecule has 0 spiro atoms. The number of methoxy groups -OCH3 is 1. The number of hydrogen-bond acceptors (Lipinski definition) is 7. The lowest BCUT2D eigenvalue weighted by molar-refractivity contribution is -0.103. The summed E-state index contributed by atoms with van der Waals surface area (Å²) in [7, 11) is 5.09. The molecular weight excluding hydrogens is 492 g/mol. The summed E-state index contributed by atoms with van der Waals surface area (Å²) in [6.45, 7) is -0.826. The zero-order valence-corrected chi connectivity index (χ0v) is 20.4. The van der Waals surface area contributed by atoms with Gasteiger partial charge in [0.2, 0.25) is 11.8 Å². The molecule has 0 fully saturated rings. The van der Waals surface area contributed by atoms with Crippen LogP contribution in [-0.4, -0.2) is 54.9 Å². The number of anilines is 1. The third kappa shape index (κ3) is 5.28. The van der Waals surface area contributed by atoms with E-state index in [2.05, 4.69) is 15.2 Å². The molecule has 1 aliphatic heterocycles. The molecule has 1 aliphatic rings. The lowest BCUT2D eigenvalue weighted by atomic mass is 10.0. The number of halogens is 3. The molecule has 0 radical (unpaired) electrons. The van der Waals surface area contributed by atoms with Gasteiger partial charge >= 0.3 is 0 Å². The van der Waals surface area contributed by atoms with Crippen LogP contribution in [-0.2, 0) is 16.6 Å². The number of alkyl halides is 2. The summed E-state index contributed by atoms with van der Waals surface area (Å²) in [5.41, 5.74) is 2.72. The highest BCUT2D eigenvalue weighted by Crippen LogP contribution is 2.30. The van der Waals surface area contributed by atoms with Gasteiger partial charge < -0.3 is 9.47 Å². The van der Waals surface area contributed by atoms with Crippen LogP contribution in [0.4, 0.5) is 14.5 Å². The van der Waals surface area contributed by atoms with Crippen LogP contribution in [0.5, 0.6) is 5.88 Å². The molecule has 11 heteroatoms. The lowest BCUT2D eigenvalue weighted by Gasteiger charge is -2.19. The maximum Gasteiger partial charge on any atom is 0.272 e. The van der Waals surface area contributed by atoms with Crippen LogP contribution in [0.3, 0.4) is 0 Å². The molecule has 36 heavy (non-hydrogen) atoms. The Balaban J connectivity index is 1.78. The van der Waals surface area contributed by atoms with E-state index in [4.69, 9.17) is 21.1 Å². The first-order valence-corrected chi connectivity index (χ1v) is 11.1. The Morgan fingerprint density at radius 3 is 2.64 bits per heavy atom. The minimum Gasteiger partial charge on any atom is -0.481 e. The molecule has 0 atom stereocenters. The van der Waals surface area contributed by atoms with E-state index in [0.717, 1.165) is 16.6 Å². The van der Waals surface area contributed by atoms with Gasteiger partial charge in [0.05, 0.1) is 23.7 Å². The number of allylic oxidation sites excluding steroid dienone is 2. The summed E-state index contributed by atoms with van der Waals surface area (Å²) in [6.07, 6.45) is 0.947. The average Bonchev–Trinajstić information content (AvgIpc) is 3.19. The van der Waals surface area contributed by atoms with Gasteiger partial charge in [-0.2, -0.15) is 10.2 Å². The van der Waals surface area contributed by atoms with Gasteiger partial charge in [0, 0.05) is 30.8 Å². The minimum absolute atomic E-state index is 0.0540. The largest absolute Gasteiger partial charge is 0.481 e. The number of carbonyl (C=O) groups excluding carboxylic acids is 1. The second kappa shape index (κ2) is 10.7. The van der Waals surface area contributed by atoms with Crippen molar-refractivity contribution >= 4 is 51.7 Å². The van der Waals surface area contributed by atoms with E-state index in [1.807, 2.05) is 18.2 Å². The van der Waals surface area contributed by atoms with Gasteiger partial charge in [-0.25, -0.2) is 18.5 Å². The number of dihydropyridines is 1. The van der Waals surface area contributed by atoms with Gasteiger partial charge in [-0.3, -0.25) is 9.80 Å². The second-order valence-electron chi connectivity index (χ2n) is 7.72. The van der Waals surface area contributed by atoms with E-state index in [1.54, 1.807) is 61.2 Å². The normalized spacial score (nSPS) is 15.9. The summed E-state index contributed by atoms with van der Waals surface area (Å²) in [5.74, 6) is 0.546. The van der Waals surface area contributed by atoms with Crippen LogP contribution in [0.15, 0.2) is 70.4 Å². The number of hydrazone groups is 1. The van der Waals surface area contributed by atoms with Gasteiger partial charge in [-0.15, -0.1) is 0 Å². The zero-order chi connectivity index (χ0) is 25.8. The quantitative estimate of drug-likeness (QED) is 0.255. The standard InChI is InChI=1S/C25H22ClF2N5O3/c1-32(17-8-9-20-18(12-17)25(35-3)33(2)30-20)31-21-10-11-23(36-14-22(27)28)29-24(21)19(13-34)15-4-6-16(26)7-5-15/h4-13,22H,14H2,1-3H3/b24-19-,31-21-. The molecule has 0 bridgehead atoms. The molecule has 186 valence electrons. The Morgan fingerprint density at radius 1 is 1.22 bits per heavy atom. The Hall–Kier alpha value is -4.05. The molecule has 0 unspecified atom stereocenters. The minimum atomic E-state index is -2.67. The maximum absolute atomic E-state index is 12.7. The molecule has 0 amide bonds. The molecule has 3 aromatic rings. The monoisotopic (exact) mass is 513 g/mol. The maximum atomic E-state index is 12.7. The molecule has 0 aliphatic carbocycles. The van der Waals surface area contributed by atoms with Crippen LogP contribution in [0.1, 0.15) is 5.56 Å². The van der Waals surface area contributed by atoms with Crippen molar-refractivity contribution < 1.29 is 23.0 Å². The number of aryl methyl sites for hydroxylation is 1. The first-order valence-electron chi connectivity index (χ1n) is 10.8. The molecule has 4 rings (SSSR count). The van der Waals surface area contributed by atoms with E-state index in [0.29, 0.717) is 28.5 Å². The third-order valence-corrected chi connectivity index (χ3v) is 5.57. The first-order chi connectivity index (χ1) is 17.3. The Kier molecular flexibility index (Phi) is 7.44. The van der Waals surface area contributed by atoms with Gasteiger partial charge in [0.1, 0.15) is 11.4 Å². The second-order valence-corrected chi connectivity index (χ2v) is 8.15. The van der Waals surface area contributed by atoms with E-state index >= 15 is 0 Å². The number of carbonyl (C=O) groups is 1. The van der Waals surface area contributed by atoms with Gasteiger partial charge in [0.25, 0.3) is 6.43 Å². The molecule has 8 nitrogen and oxygen atoms in total. The van der Waals surface area contributed by atoms with Gasteiger partial charge in [0.15, 0.2) is 12.9 Å². The number of aromatic nitrogens is 2. The number of aliphatic imine (C=N–C) groups is 1. The summed E-state index contributed by atoms with van der Waals surface area (Å²) in [4.78, 5) is 16.5.